The first kappa shape index (κ1) is 30.2. The molecule has 0 amide bonds. The molecule has 0 bridgehead atoms. The maximum absolute atomic E-state index is 14.8. The fraction of sp³-hybridized carbons (Fsp3) is 0.576. The Morgan fingerprint density at radius 1 is 0.711 bits per heavy atom. The molecule has 0 unspecified atom stereocenters. The minimum absolute atomic E-state index is 0.0162. The van der Waals surface area contributed by atoms with Gasteiger partial charge in [-0.15, -0.1) is 0 Å². The first-order valence-electron chi connectivity index (χ1n) is 14.7. The number of unbranched alkanes of at least 4 members (excludes halogenated alkanes) is 5. The summed E-state index contributed by atoms with van der Waals surface area (Å²) in [6.45, 7) is 4.61. The van der Waals surface area contributed by atoms with E-state index in [0.29, 0.717) is 48.5 Å². The normalized spacial score (nSPS) is 17.8. The van der Waals surface area contributed by atoms with Crippen LogP contribution in [0.15, 0.2) is 36.4 Å². The molecule has 2 aromatic carbocycles. The lowest BCUT2D eigenvalue weighted by atomic mass is 9.78. The highest BCUT2D eigenvalue weighted by atomic mass is 19.2. The molecule has 5 heteroatoms. The molecule has 0 aromatic heterocycles. The first-order valence-corrected chi connectivity index (χ1v) is 14.7. The molecule has 1 fully saturated rings. The predicted octanol–water partition coefficient (Wildman–Crippen LogP) is 10.4. The minimum atomic E-state index is -0.905. The van der Waals surface area contributed by atoms with Crippen molar-refractivity contribution in [3.8, 4) is 5.75 Å². The number of ether oxygens (including phenoxy) is 1. The molecule has 0 heterocycles. The molecule has 1 saturated carbocycles. The van der Waals surface area contributed by atoms with Crippen LogP contribution >= 0.6 is 0 Å². The van der Waals surface area contributed by atoms with E-state index < -0.39 is 23.3 Å². The summed E-state index contributed by atoms with van der Waals surface area (Å²) in [5.74, 6) is -2.66. The second-order valence-electron chi connectivity index (χ2n) is 10.7. The number of hydrogen-bond acceptors (Lipinski definition) is 1. The van der Waals surface area contributed by atoms with E-state index in [1.165, 1.54) is 6.07 Å². The molecule has 38 heavy (non-hydrogen) atoms. The number of aryl methyl sites for hydroxylation is 2. The van der Waals surface area contributed by atoms with Crippen LogP contribution in [-0.4, -0.2) is 6.61 Å². The molecule has 2 aromatic rings. The molecule has 0 saturated heterocycles. The van der Waals surface area contributed by atoms with E-state index in [2.05, 4.69) is 19.9 Å². The van der Waals surface area contributed by atoms with Crippen LogP contribution in [0, 0.1) is 29.2 Å². The predicted molar refractivity (Wildman–Crippen MR) is 148 cm³/mol. The first-order chi connectivity index (χ1) is 18.5. The lowest BCUT2D eigenvalue weighted by Gasteiger charge is -2.27. The molecular weight excluding hydrogens is 488 g/mol. The molecule has 0 atom stereocenters. The SMILES string of the molecule is CCCCCCOc1ccc(CC/C=C/C2CCC(c3ccc(CCCCC)c(F)c3F)CC2)c(F)c1F. The van der Waals surface area contributed by atoms with Crippen molar-refractivity contribution in [3.05, 3.63) is 76.4 Å². The summed E-state index contributed by atoms with van der Waals surface area (Å²) in [7, 11) is 0. The zero-order valence-electron chi connectivity index (χ0n) is 23.1. The maximum atomic E-state index is 14.8. The summed E-state index contributed by atoms with van der Waals surface area (Å²) >= 11 is 0. The van der Waals surface area contributed by atoms with Crippen LogP contribution in [-0.2, 0) is 12.8 Å². The van der Waals surface area contributed by atoms with Gasteiger partial charge in [0.2, 0.25) is 5.82 Å². The van der Waals surface area contributed by atoms with Crippen LogP contribution in [0.1, 0.15) is 114 Å². The molecule has 210 valence electrons. The van der Waals surface area contributed by atoms with Crippen molar-refractivity contribution in [3.63, 3.8) is 0 Å². The summed E-state index contributed by atoms with van der Waals surface area (Å²) < 4.78 is 63.7. The average molecular weight is 533 g/mol. The molecule has 0 N–H and O–H groups in total. The van der Waals surface area contributed by atoms with E-state index in [1.807, 2.05) is 6.08 Å². The average Bonchev–Trinajstić information content (AvgIpc) is 2.93. The fourth-order valence-electron chi connectivity index (χ4n) is 5.42. The summed E-state index contributed by atoms with van der Waals surface area (Å²) in [4.78, 5) is 0. The molecule has 1 nitrogen and oxygen atoms in total. The van der Waals surface area contributed by atoms with Gasteiger partial charge in [0, 0.05) is 0 Å². The van der Waals surface area contributed by atoms with Gasteiger partial charge in [0.15, 0.2) is 23.2 Å². The highest BCUT2D eigenvalue weighted by molar-refractivity contribution is 5.32. The van der Waals surface area contributed by atoms with Crippen molar-refractivity contribution in [2.75, 3.05) is 6.61 Å². The number of allylic oxidation sites excluding steroid dienone is 2. The van der Waals surface area contributed by atoms with Gasteiger partial charge in [0.25, 0.3) is 0 Å². The number of rotatable bonds is 15. The third-order valence-electron chi connectivity index (χ3n) is 7.82. The van der Waals surface area contributed by atoms with Crippen molar-refractivity contribution in [2.24, 2.45) is 5.92 Å². The molecule has 1 aliphatic carbocycles. The van der Waals surface area contributed by atoms with Gasteiger partial charge in [-0.2, -0.15) is 4.39 Å². The van der Waals surface area contributed by atoms with Crippen LogP contribution < -0.4 is 4.74 Å². The smallest absolute Gasteiger partial charge is 0.200 e. The Morgan fingerprint density at radius 2 is 1.37 bits per heavy atom. The summed E-state index contributed by atoms with van der Waals surface area (Å²) in [5, 5.41) is 0. The van der Waals surface area contributed by atoms with E-state index >= 15 is 0 Å². The van der Waals surface area contributed by atoms with Gasteiger partial charge >= 0.3 is 0 Å². The van der Waals surface area contributed by atoms with Crippen molar-refractivity contribution in [2.45, 2.75) is 110 Å². The Morgan fingerprint density at radius 3 is 2.11 bits per heavy atom. The maximum Gasteiger partial charge on any atom is 0.200 e. The second-order valence-corrected chi connectivity index (χ2v) is 10.7. The molecular formula is C33H44F4O. The van der Waals surface area contributed by atoms with Gasteiger partial charge < -0.3 is 4.74 Å². The number of benzene rings is 2. The Hall–Kier alpha value is -2.30. The largest absolute Gasteiger partial charge is 0.490 e. The van der Waals surface area contributed by atoms with Crippen molar-refractivity contribution < 1.29 is 22.3 Å². The van der Waals surface area contributed by atoms with Gasteiger partial charge in [-0.05, 0) is 92.4 Å². The van der Waals surface area contributed by atoms with Gasteiger partial charge in [0.05, 0.1) is 6.61 Å². The monoisotopic (exact) mass is 532 g/mol. The Kier molecular flexibility index (Phi) is 12.7. The van der Waals surface area contributed by atoms with Crippen molar-refractivity contribution >= 4 is 0 Å². The highest BCUT2D eigenvalue weighted by Crippen LogP contribution is 2.38. The van der Waals surface area contributed by atoms with Crippen LogP contribution in [0.3, 0.4) is 0 Å². The molecule has 1 aliphatic rings. The summed E-state index contributed by atoms with van der Waals surface area (Å²) in [6, 6.07) is 6.69. The molecule has 0 aliphatic heterocycles. The lowest BCUT2D eigenvalue weighted by Crippen LogP contribution is -2.14. The highest BCUT2D eigenvalue weighted by Gasteiger charge is 2.25. The van der Waals surface area contributed by atoms with Crippen LogP contribution in [0.5, 0.6) is 5.75 Å². The van der Waals surface area contributed by atoms with Crippen molar-refractivity contribution in [1.82, 2.24) is 0 Å². The van der Waals surface area contributed by atoms with E-state index in [0.717, 1.165) is 70.6 Å². The molecule has 0 spiro atoms. The Bertz CT molecular complexity index is 1020. The third-order valence-corrected chi connectivity index (χ3v) is 7.82. The Labute approximate surface area is 226 Å². The van der Waals surface area contributed by atoms with E-state index in [1.54, 1.807) is 18.2 Å². The Balaban J connectivity index is 1.44. The number of hydrogen-bond donors (Lipinski definition) is 0. The summed E-state index contributed by atoms with van der Waals surface area (Å²) in [5.41, 5.74) is 1.34. The van der Waals surface area contributed by atoms with Gasteiger partial charge in [-0.25, -0.2) is 13.2 Å². The van der Waals surface area contributed by atoms with E-state index in [-0.39, 0.29) is 11.7 Å². The van der Waals surface area contributed by atoms with E-state index in [4.69, 9.17) is 4.74 Å². The van der Waals surface area contributed by atoms with Gasteiger partial charge in [0.1, 0.15) is 0 Å². The van der Waals surface area contributed by atoms with Crippen LogP contribution in [0.25, 0.3) is 0 Å². The van der Waals surface area contributed by atoms with Crippen molar-refractivity contribution in [1.29, 1.82) is 0 Å². The second kappa shape index (κ2) is 16.0. The molecule has 3 rings (SSSR count). The molecule has 0 radical (unpaired) electrons. The quantitative estimate of drug-likeness (QED) is 0.126. The standard InChI is InChI=1S/C33H44F4O/c1-3-5-7-11-23-38-29-22-20-27(31(35)33(29)37)14-10-9-12-24-15-17-25(18-16-24)28-21-19-26(13-8-6-4-2)30(34)32(28)36/h9,12,19-22,24-25H,3-8,10-11,13-18,23H2,1-2H3/b12-9+. The van der Waals surface area contributed by atoms with E-state index in [9.17, 15) is 17.6 Å². The van der Waals surface area contributed by atoms with Gasteiger partial charge in [-0.1, -0.05) is 76.3 Å². The zero-order chi connectivity index (χ0) is 27.3. The van der Waals surface area contributed by atoms with Gasteiger partial charge in [-0.3, -0.25) is 0 Å². The summed E-state index contributed by atoms with van der Waals surface area (Å²) in [6.07, 6.45) is 16.3. The minimum Gasteiger partial charge on any atom is -0.490 e. The lowest BCUT2D eigenvalue weighted by molar-refractivity contribution is 0.285. The van der Waals surface area contributed by atoms with Crippen LogP contribution in [0.4, 0.5) is 17.6 Å². The topological polar surface area (TPSA) is 9.23 Å². The van der Waals surface area contributed by atoms with Crippen LogP contribution in [0.2, 0.25) is 0 Å². The zero-order valence-corrected chi connectivity index (χ0v) is 23.1. The number of halogens is 4. The fourth-order valence-corrected chi connectivity index (χ4v) is 5.42. The third kappa shape index (κ3) is 8.61.